The standard InChI is InChI=1S/C12H15ClN2O/c13-9-2-4-12(14-5-9)15-6-8-1-3-11(16)10(8)7-15/h2,4-5,8,10-11,16H,1,3,6-7H2. The maximum Gasteiger partial charge on any atom is 0.128 e. The molecule has 1 aliphatic heterocycles. The summed E-state index contributed by atoms with van der Waals surface area (Å²) in [5, 5.41) is 10.5. The van der Waals surface area contributed by atoms with Crippen LogP contribution in [-0.2, 0) is 0 Å². The maximum absolute atomic E-state index is 9.84. The summed E-state index contributed by atoms with van der Waals surface area (Å²) in [4.78, 5) is 6.58. The van der Waals surface area contributed by atoms with Gasteiger partial charge in [0.15, 0.2) is 0 Å². The molecular formula is C12H15ClN2O. The molecule has 86 valence electrons. The van der Waals surface area contributed by atoms with Crippen molar-refractivity contribution < 1.29 is 5.11 Å². The first-order valence-electron chi connectivity index (χ1n) is 5.78. The van der Waals surface area contributed by atoms with Crippen LogP contribution in [0.2, 0.25) is 5.02 Å². The number of nitrogens with zero attached hydrogens (tertiary/aromatic N) is 2. The smallest absolute Gasteiger partial charge is 0.128 e. The molecule has 1 saturated heterocycles. The van der Waals surface area contributed by atoms with E-state index in [1.807, 2.05) is 12.1 Å². The molecule has 1 N–H and O–H groups in total. The molecule has 2 aliphatic rings. The monoisotopic (exact) mass is 238 g/mol. The van der Waals surface area contributed by atoms with Crippen LogP contribution in [0.1, 0.15) is 12.8 Å². The van der Waals surface area contributed by atoms with Gasteiger partial charge >= 0.3 is 0 Å². The number of aliphatic hydroxyl groups is 1. The fourth-order valence-corrected chi connectivity index (χ4v) is 3.09. The third kappa shape index (κ3) is 1.68. The van der Waals surface area contributed by atoms with E-state index in [0.717, 1.165) is 31.7 Å². The Labute approximate surface area is 100 Å². The van der Waals surface area contributed by atoms with Gasteiger partial charge in [-0.25, -0.2) is 4.98 Å². The quantitative estimate of drug-likeness (QED) is 0.813. The first kappa shape index (κ1) is 10.4. The van der Waals surface area contributed by atoms with Crippen molar-refractivity contribution in [3.05, 3.63) is 23.4 Å². The summed E-state index contributed by atoms with van der Waals surface area (Å²) >= 11 is 5.82. The van der Waals surface area contributed by atoms with Crippen LogP contribution < -0.4 is 4.90 Å². The fourth-order valence-electron chi connectivity index (χ4n) is 2.98. The van der Waals surface area contributed by atoms with E-state index in [-0.39, 0.29) is 6.10 Å². The van der Waals surface area contributed by atoms with E-state index in [2.05, 4.69) is 9.88 Å². The van der Waals surface area contributed by atoms with Crippen molar-refractivity contribution in [2.45, 2.75) is 18.9 Å². The molecule has 0 amide bonds. The zero-order valence-electron chi connectivity index (χ0n) is 9.01. The van der Waals surface area contributed by atoms with Crippen molar-refractivity contribution in [2.24, 2.45) is 11.8 Å². The van der Waals surface area contributed by atoms with E-state index >= 15 is 0 Å². The molecule has 4 heteroatoms. The first-order valence-corrected chi connectivity index (χ1v) is 6.16. The Morgan fingerprint density at radius 2 is 2.19 bits per heavy atom. The van der Waals surface area contributed by atoms with Gasteiger partial charge in [-0.05, 0) is 30.9 Å². The molecule has 1 aromatic heterocycles. The van der Waals surface area contributed by atoms with Crippen LogP contribution in [0.25, 0.3) is 0 Å². The van der Waals surface area contributed by atoms with Crippen molar-refractivity contribution in [3.63, 3.8) is 0 Å². The van der Waals surface area contributed by atoms with Crippen LogP contribution in [-0.4, -0.2) is 29.3 Å². The molecule has 1 saturated carbocycles. The number of halogens is 1. The van der Waals surface area contributed by atoms with Crippen LogP contribution in [0.5, 0.6) is 0 Å². The molecular weight excluding hydrogens is 224 g/mol. The SMILES string of the molecule is OC1CCC2CN(c3ccc(Cl)cn3)CC12. The zero-order chi connectivity index (χ0) is 11.1. The molecule has 16 heavy (non-hydrogen) atoms. The molecule has 1 aliphatic carbocycles. The first-order chi connectivity index (χ1) is 7.74. The summed E-state index contributed by atoms with van der Waals surface area (Å²) in [7, 11) is 0. The molecule has 0 aromatic carbocycles. The second-order valence-corrected chi connectivity index (χ2v) is 5.24. The normalized spacial score (nSPS) is 33.1. The number of aliphatic hydroxyl groups excluding tert-OH is 1. The summed E-state index contributed by atoms with van der Waals surface area (Å²) < 4.78 is 0. The number of hydrogen-bond donors (Lipinski definition) is 1. The van der Waals surface area contributed by atoms with Crippen molar-refractivity contribution in [1.82, 2.24) is 4.98 Å². The molecule has 0 spiro atoms. The largest absolute Gasteiger partial charge is 0.393 e. The fraction of sp³-hybridized carbons (Fsp3) is 0.583. The highest BCUT2D eigenvalue weighted by atomic mass is 35.5. The lowest BCUT2D eigenvalue weighted by molar-refractivity contribution is 0.133. The number of hydrogen-bond acceptors (Lipinski definition) is 3. The van der Waals surface area contributed by atoms with Gasteiger partial charge in [0.1, 0.15) is 5.82 Å². The van der Waals surface area contributed by atoms with E-state index in [1.165, 1.54) is 0 Å². The molecule has 3 nitrogen and oxygen atoms in total. The lowest BCUT2D eigenvalue weighted by Crippen LogP contribution is -2.24. The molecule has 3 rings (SSSR count). The Bertz CT molecular complexity index is 381. The second-order valence-electron chi connectivity index (χ2n) is 4.81. The minimum absolute atomic E-state index is 0.109. The minimum Gasteiger partial charge on any atom is -0.393 e. The zero-order valence-corrected chi connectivity index (χ0v) is 9.77. The minimum atomic E-state index is -0.109. The summed E-state index contributed by atoms with van der Waals surface area (Å²) in [6, 6.07) is 3.82. The van der Waals surface area contributed by atoms with E-state index in [9.17, 15) is 5.11 Å². The molecule has 2 fully saturated rings. The van der Waals surface area contributed by atoms with E-state index in [1.54, 1.807) is 6.20 Å². The lowest BCUT2D eigenvalue weighted by Gasteiger charge is -2.19. The Kier molecular flexibility index (Phi) is 2.52. The lowest BCUT2D eigenvalue weighted by atomic mass is 10.00. The Hall–Kier alpha value is -0.800. The van der Waals surface area contributed by atoms with Crippen LogP contribution in [0, 0.1) is 11.8 Å². The number of aromatic nitrogens is 1. The molecule has 2 heterocycles. The van der Waals surface area contributed by atoms with Gasteiger partial charge in [-0.1, -0.05) is 11.6 Å². The summed E-state index contributed by atoms with van der Waals surface area (Å²) in [6.45, 7) is 1.96. The summed E-state index contributed by atoms with van der Waals surface area (Å²) in [5.74, 6) is 2.07. The Morgan fingerprint density at radius 3 is 2.88 bits per heavy atom. The summed E-state index contributed by atoms with van der Waals surface area (Å²) in [5.41, 5.74) is 0. The molecule has 3 unspecified atom stereocenters. The van der Waals surface area contributed by atoms with Crippen molar-refractivity contribution >= 4 is 17.4 Å². The van der Waals surface area contributed by atoms with Gasteiger partial charge in [-0.3, -0.25) is 0 Å². The van der Waals surface area contributed by atoms with Gasteiger partial charge in [-0.2, -0.15) is 0 Å². The maximum atomic E-state index is 9.84. The molecule has 1 aromatic rings. The topological polar surface area (TPSA) is 36.4 Å². The highest BCUT2D eigenvalue weighted by Gasteiger charge is 2.42. The van der Waals surface area contributed by atoms with E-state index < -0.39 is 0 Å². The van der Waals surface area contributed by atoms with Crippen LogP contribution in [0.15, 0.2) is 18.3 Å². The van der Waals surface area contributed by atoms with Crippen molar-refractivity contribution in [1.29, 1.82) is 0 Å². The number of pyridine rings is 1. The van der Waals surface area contributed by atoms with Gasteiger partial charge in [-0.15, -0.1) is 0 Å². The number of anilines is 1. The molecule has 0 radical (unpaired) electrons. The van der Waals surface area contributed by atoms with Gasteiger partial charge in [0.25, 0.3) is 0 Å². The predicted octanol–water partition coefficient (Wildman–Crippen LogP) is 1.94. The van der Waals surface area contributed by atoms with E-state index in [0.29, 0.717) is 16.9 Å². The van der Waals surface area contributed by atoms with Crippen LogP contribution >= 0.6 is 11.6 Å². The molecule has 3 atom stereocenters. The molecule has 0 bridgehead atoms. The highest BCUT2D eigenvalue weighted by molar-refractivity contribution is 6.30. The Morgan fingerprint density at radius 1 is 1.31 bits per heavy atom. The van der Waals surface area contributed by atoms with Crippen molar-refractivity contribution in [2.75, 3.05) is 18.0 Å². The Balaban J connectivity index is 1.76. The van der Waals surface area contributed by atoms with Gasteiger partial charge in [0.2, 0.25) is 0 Å². The van der Waals surface area contributed by atoms with Crippen molar-refractivity contribution in [3.8, 4) is 0 Å². The van der Waals surface area contributed by atoms with Gasteiger partial charge in [0.05, 0.1) is 11.1 Å². The van der Waals surface area contributed by atoms with Gasteiger partial charge in [0, 0.05) is 25.2 Å². The second kappa shape index (κ2) is 3.90. The summed E-state index contributed by atoms with van der Waals surface area (Å²) in [6.07, 6.45) is 3.69. The third-order valence-corrected chi connectivity index (χ3v) is 4.08. The van der Waals surface area contributed by atoms with E-state index in [4.69, 9.17) is 11.6 Å². The van der Waals surface area contributed by atoms with Crippen LogP contribution in [0.4, 0.5) is 5.82 Å². The van der Waals surface area contributed by atoms with Crippen LogP contribution in [0.3, 0.4) is 0 Å². The average molecular weight is 239 g/mol. The van der Waals surface area contributed by atoms with Gasteiger partial charge < -0.3 is 10.0 Å². The number of rotatable bonds is 1. The highest BCUT2D eigenvalue weighted by Crippen LogP contribution is 2.39. The number of fused-ring (bicyclic) bond motifs is 1. The average Bonchev–Trinajstić information content (AvgIpc) is 2.83. The third-order valence-electron chi connectivity index (χ3n) is 3.85. The predicted molar refractivity (Wildman–Crippen MR) is 63.7 cm³/mol.